The summed E-state index contributed by atoms with van der Waals surface area (Å²) in [5, 5.41) is 0.124. The van der Waals surface area contributed by atoms with Gasteiger partial charge in [0.05, 0.1) is 11.9 Å². The maximum absolute atomic E-state index is 12.6. The molecule has 2 saturated heterocycles. The molecule has 2 fully saturated rings. The number of sulfonamides is 1. The molecule has 23 heavy (non-hydrogen) atoms. The van der Waals surface area contributed by atoms with Crippen molar-refractivity contribution in [3.8, 4) is 0 Å². The molecule has 2 aliphatic heterocycles. The Morgan fingerprint density at radius 3 is 2.78 bits per heavy atom. The second kappa shape index (κ2) is 6.51. The highest BCUT2D eigenvalue weighted by Gasteiger charge is 2.47. The highest BCUT2D eigenvalue weighted by Crippen LogP contribution is 2.43. The summed E-state index contributed by atoms with van der Waals surface area (Å²) in [6.07, 6.45) is 6.56. The third-order valence-electron chi connectivity index (χ3n) is 5.12. The van der Waals surface area contributed by atoms with Crippen LogP contribution in [0.1, 0.15) is 25.7 Å². The van der Waals surface area contributed by atoms with E-state index in [1.165, 1.54) is 10.6 Å². The molecule has 1 aromatic heterocycles. The van der Waals surface area contributed by atoms with Crippen molar-refractivity contribution in [2.75, 3.05) is 33.4 Å². The van der Waals surface area contributed by atoms with Crippen LogP contribution in [-0.4, -0.2) is 61.3 Å². The fourth-order valence-electron chi connectivity index (χ4n) is 3.76. The van der Waals surface area contributed by atoms with Gasteiger partial charge in [-0.15, -0.1) is 0 Å². The fourth-order valence-corrected chi connectivity index (χ4v) is 5.17. The van der Waals surface area contributed by atoms with E-state index in [2.05, 4.69) is 4.98 Å². The molecule has 0 aliphatic carbocycles. The lowest BCUT2D eigenvalue weighted by Gasteiger charge is -2.41. The number of hydrogen-bond donors (Lipinski definition) is 0. The zero-order chi connectivity index (χ0) is 16.5. The number of aromatic nitrogens is 2. The van der Waals surface area contributed by atoms with Crippen molar-refractivity contribution in [1.82, 2.24) is 13.9 Å². The zero-order valence-electron chi connectivity index (χ0n) is 13.8. The van der Waals surface area contributed by atoms with Gasteiger partial charge in [-0.25, -0.2) is 13.4 Å². The van der Waals surface area contributed by atoms with Crippen LogP contribution in [0, 0.1) is 5.92 Å². The van der Waals surface area contributed by atoms with E-state index in [0.29, 0.717) is 19.0 Å². The molecule has 0 unspecified atom stereocenters. The average Bonchev–Trinajstić information content (AvgIpc) is 3.13. The minimum atomic E-state index is -3.50. The van der Waals surface area contributed by atoms with Crippen LogP contribution < -0.4 is 0 Å². The number of rotatable bonds is 5. The van der Waals surface area contributed by atoms with E-state index >= 15 is 0 Å². The Hall–Kier alpha value is -0.960. The largest absolute Gasteiger partial charge is 0.385 e. The fraction of sp³-hybridized carbons (Fsp3) is 0.800. The van der Waals surface area contributed by atoms with Crippen molar-refractivity contribution in [1.29, 1.82) is 0 Å². The molecule has 0 radical (unpaired) electrons. The molecule has 7 nitrogen and oxygen atoms in total. The Morgan fingerprint density at radius 1 is 1.43 bits per heavy atom. The van der Waals surface area contributed by atoms with Crippen LogP contribution in [0.2, 0.25) is 0 Å². The maximum atomic E-state index is 12.6. The Morgan fingerprint density at radius 2 is 2.17 bits per heavy atom. The molecule has 0 amide bonds. The van der Waals surface area contributed by atoms with E-state index in [1.807, 2.05) is 0 Å². The second-order valence-electron chi connectivity index (χ2n) is 6.46. The predicted molar refractivity (Wildman–Crippen MR) is 84.5 cm³/mol. The Bertz CT molecular complexity index is 635. The summed E-state index contributed by atoms with van der Waals surface area (Å²) in [5.41, 5.74) is -0.172. The molecule has 1 atom stereocenters. The molecule has 1 spiro atoms. The first-order valence-electron chi connectivity index (χ1n) is 8.09. The van der Waals surface area contributed by atoms with Gasteiger partial charge in [0.2, 0.25) is 0 Å². The second-order valence-corrected chi connectivity index (χ2v) is 8.35. The van der Waals surface area contributed by atoms with Gasteiger partial charge in [0.1, 0.15) is 0 Å². The lowest BCUT2D eigenvalue weighted by atomic mass is 9.78. The van der Waals surface area contributed by atoms with E-state index in [-0.39, 0.29) is 10.6 Å². The van der Waals surface area contributed by atoms with Gasteiger partial charge in [-0.3, -0.25) is 0 Å². The van der Waals surface area contributed by atoms with E-state index in [0.717, 1.165) is 38.9 Å². The summed E-state index contributed by atoms with van der Waals surface area (Å²) >= 11 is 0. The van der Waals surface area contributed by atoms with Gasteiger partial charge in [-0.2, -0.15) is 4.31 Å². The maximum Gasteiger partial charge on any atom is 0.262 e. The molecule has 3 heterocycles. The summed E-state index contributed by atoms with van der Waals surface area (Å²) < 4.78 is 39.7. The first-order chi connectivity index (χ1) is 11.0. The Balaban J connectivity index is 1.68. The first kappa shape index (κ1) is 16.9. The molecule has 0 saturated carbocycles. The lowest BCUT2D eigenvalue weighted by molar-refractivity contribution is -0.0603. The smallest absolute Gasteiger partial charge is 0.262 e. The number of imidazole rings is 1. The van der Waals surface area contributed by atoms with Crippen LogP contribution in [-0.2, 0) is 26.5 Å². The van der Waals surface area contributed by atoms with Gasteiger partial charge in [0.25, 0.3) is 10.0 Å². The summed E-state index contributed by atoms with van der Waals surface area (Å²) in [7, 11) is -0.0200. The standard InChI is InChI=1S/C15H25N3O4S/c1-17-11-14(16-12-17)23(19,20)18-7-5-15(6-8-18)13(3-9-21-2)4-10-22-15/h11-13H,3-10H2,1-2H3/t13-/m1/s1. The molecule has 2 aliphatic rings. The lowest BCUT2D eigenvalue weighted by Crippen LogP contribution is -2.49. The normalized spacial score (nSPS) is 25.2. The van der Waals surface area contributed by atoms with Gasteiger partial charge in [0, 0.05) is 46.7 Å². The van der Waals surface area contributed by atoms with E-state index in [1.54, 1.807) is 24.9 Å². The van der Waals surface area contributed by atoms with Crippen LogP contribution in [0.25, 0.3) is 0 Å². The van der Waals surface area contributed by atoms with E-state index in [4.69, 9.17) is 9.47 Å². The summed E-state index contributed by atoms with van der Waals surface area (Å²) in [6.45, 7) is 2.47. The van der Waals surface area contributed by atoms with Gasteiger partial charge in [-0.1, -0.05) is 0 Å². The molecule has 1 aromatic rings. The third-order valence-corrected chi connectivity index (χ3v) is 6.91. The minimum Gasteiger partial charge on any atom is -0.385 e. The molecular formula is C15H25N3O4S. The Kier molecular flexibility index (Phi) is 4.78. The zero-order valence-corrected chi connectivity index (χ0v) is 14.6. The van der Waals surface area contributed by atoms with Gasteiger partial charge < -0.3 is 14.0 Å². The van der Waals surface area contributed by atoms with Crippen molar-refractivity contribution in [2.24, 2.45) is 13.0 Å². The molecule has 130 valence electrons. The van der Waals surface area contributed by atoms with Crippen LogP contribution in [0.5, 0.6) is 0 Å². The number of hydrogen-bond acceptors (Lipinski definition) is 5. The van der Waals surface area contributed by atoms with Crippen LogP contribution in [0.4, 0.5) is 0 Å². The Labute approximate surface area is 137 Å². The topological polar surface area (TPSA) is 73.7 Å². The summed E-state index contributed by atoms with van der Waals surface area (Å²) in [4.78, 5) is 3.99. The number of aryl methyl sites for hydroxylation is 1. The molecule has 0 aromatic carbocycles. The van der Waals surface area contributed by atoms with Crippen molar-refractivity contribution in [2.45, 2.75) is 36.3 Å². The predicted octanol–water partition coefficient (Wildman–Crippen LogP) is 1.02. The molecule has 0 bridgehead atoms. The van der Waals surface area contributed by atoms with Crippen molar-refractivity contribution in [3.05, 3.63) is 12.5 Å². The van der Waals surface area contributed by atoms with Gasteiger partial charge >= 0.3 is 0 Å². The highest BCUT2D eigenvalue weighted by molar-refractivity contribution is 7.89. The van der Waals surface area contributed by atoms with E-state index in [9.17, 15) is 8.42 Å². The third kappa shape index (κ3) is 3.17. The molecule has 0 N–H and O–H groups in total. The number of piperidine rings is 1. The van der Waals surface area contributed by atoms with Crippen molar-refractivity contribution >= 4 is 10.0 Å². The molecule has 3 rings (SSSR count). The number of nitrogens with zero attached hydrogens (tertiary/aromatic N) is 3. The minimum absolute atomic E-state index is 0.124. The van der Waals surface area contributed by atoms with Crippen LogP contribution >= 0.6 is 0 Å². The van der Waals surface area contributed by atoms with Crippen molar-refractivity contribution in [3.63, 3.8) is 0 Å². The van der Waals surface area contributed by atoms with Crippen molar-refractivity contribution < 1.29 is 17.9 Å². The van der Waals surface area contributed by atoms with Gasteiger partial charge in [0.15, 0.2) is 5.03 Å². The quantitative estimate of drug-likeness (QED) is 0.798. The van der Waals surface area contributed by atoms with Crippen LogP contribution in [0.15, 0.2) is 17.6 Å². The van der Waals surface area contributed by atoms with E-state index < -0.39 is 10.0 Å². The molecule has 8 heteroatoms. The number of methoxy groups -OCH3 is 1. The SMILES string of the molecule is COCC[C@@H]1CCOC12CCN(S(=O)(=O)c1cn(C)cn1)CC2. The van der Waals surface area contributed by atoms with Crippen LogP contribution in [0.3, 0.4) is 0 Å². The summed E-state index contributed by atoms with van der Waals surface area (Å²) in [5.74, 6) is 0.460. The van der Waals surface area contributed by atoms with Gasteiger partial charge in [-0.05, 0) is 31.6 Å². The average molecular weight is 343 g/mol. The highest BCUT2D eigenvalue weighted by atomic mass is 32.2. The monoisotopic (exact) mass is 343 g/mol. The summed E-state index contributed by atoms with van der Waals surface area (Å²) in [6, 6.07) is 0. The number of ether oxygens (including phenoxy) is 2. The molecular weight excluding hydrogens is 318 g/mol. The first-order valence-corrected chi connectivity index (χ1v) is 9.53.